The zero-order chi connectivity index (χ0) is 15.2. The first kappa shape index (κ1) is 14.7. The molecular formula is C16H14F2N2O. The van der Waals surface area contributed by atoms with Gasteiger partial charge in [-0.25, -0.2) is 13.6 Å². The SMILES string of the molecule is Cc1cccc(/C=C/NC(=O)Nc2ccc(F)cc2F)c1. The molecule has 108 valence electrons. The highest BCUT2D eigenvalue weighted by atomic mass is 19.1. The molecule has 0 aliphatic heterocycles. The van der Waals surface area contributed by atoms with Crippen molar-refractivity contribution in [2.24, 2.45) is 0 Å². The van der Waals surface area contributed by atoms with E-state index in [1.165, 1.54) is 6.20 Å². The van der Waals surface area contributed by atoms with Crippen molar-refractivity contribution < 1.29 is 13.6 Å². The minimum absolute atomic E-state index is 0.0853. The predicted octanol–water partition coefficient (Wildman–Crippen LogP) is 4.07. The van der Waals surface area contributed by atoms with E-state index in [0.29, 0.717) is 6.07 Å². The molecule has 2 aromatic rings. The summed E-state index contributed by atoms with van der Waals surface area (Å²) < 4.78 is 26.1. The molecule has 21 heavy (non-hydrogen) atoms. The number of hydrogen-bond donors (Lipinski definition) is 2. The van der Waals surface area contributed by atoms with Crippen LogP contribution in [0.5, 0.6) is 0 Å². The van der Waals surface area contributed by atoms with Crippen LogP contribution in [0.1, 0.15) is 11.1 Å². The molecule has 2 rings (SSSR count). The van der Waals surface area contributed by atoms with Crippen molar-refractivity contribution in [1.82, 2.24) is 5.32 Å². The van der Waals surface area contributed by atoms with E-state index in [1.807, 2.05) is 31.2 Å². The summed E-state index contributed by atoms with van der Waals surface area (Å²) in [5.74, 6) is -1.52. The smallest absolute Gasteiger partial charge is 0.314 e. The third-order valence-corrected chi connectivity index (χ3v) is 2.71. The van der Waals surface area contributed by atoms with Gasteiger partial charge in [0.2, 0.25) is 0 Å². The highest BCUT2D eigenvalue weighted by Gasteiger charge is 2.06. The number of anilines is 1. The number of nitrogens with one attached hydrogen (secondary N) is 2. The zero-order valence-electron chi connectivity index (χ0n) is 11.4. The van der Waals surface area contributed by atoms with Crippen LogP contribution in [0.4, 0.5) is 19.3 Å². The summed E-state index contributed by atoms with van der Waals surface area (Å²) in [5, 5.41) is 4.74. The minimum atomic E-state index is -0.826. The van der Waals surface area contributed by atoms with Gasteiger partial charge in [0.15, 0.2) is 0 Å². The number of carbonyl (C=O) groups is 1. The second-order valence-corrected chi connectivity index (χ2v) is 4.47. The molecule has 0 bridgehead atoms. The summed E-state index contributed by atoms with van der Waals surface area (Å²) in [5.41, 5.74) is 1.95. The van der Waals surface area contributed by atoms with E-state index in [4.69, 9.17) is 0 Å². The Kier molecular flexibility index (Phi) is 4.66. The van der Waals surface area contributed by atoms with Crippen molar-refractivity contribution >= 4 is 17.8 Å². The van der Waals surface area contributed by atoms with E-state index in [9.17, 15) is 13.6 Å². The van der Waals surface area contributed by atoms with Gasteiger partial charge in [-0.2, -0.15) is 0 Å². The number of benzene rings is 2. The molecule has 2 aromatic carbocycles. The van der Waals surface area contributed by atoms with Gasteiger partial charge in [-0.05, 0) is 30.7 Å². The lowest BCUT2D eigenvalue weighted by molar-refractivity contribution is 0.255. The Labute approximate surface area is 121 Å². The first-order valence-corrected chi connectivity index (χ1v) is 6.30. The summed E-state index contributed by atoms with van der Waals surface area (Å²) in [6.45, 7) is 1.97. The molecule has 0 saturated carbocycles. The average Bonchev–Trinajstić information content (AvgIpc) is 2.42. The van der Waals surface area contributed by atoms with Gasteiger partial charge in [-0.1, -0.05) is 29.8 Å². The zero-order valence-corrected chi connectivity index (χ0v) is 11.4. The Bertz CT molecular complexity index is 684. The quantitative estimate of drug-likeness (QED) is 0.878. The highest BCUT2D eigenvalue weighted by molar-refractivity contribution is 5.90. The van der Waals surface area contributed by atoms with Crippen LogP contribution in [0, 0.1) is 18.6 Å². The molecular weight excluding hydrogens is 274 g/mol. The molecule has 0 aromatic heterocycles. The van der Waals surface area contributed by atoms with Crippen molar-refractivity contribution in [3.05, 3.63) is 71.4 Å². The maximum absolute atomic E-state index is 13.3. The third-order valence-electron chi connectivity index (χ3n) is 2.71. The van der Waals surface area contributed by atoms with Gasteiger partial charge in [0.1, 0.15) is 11.6 Å². The van der Waals surface area contributed by atoms with Crippen molar-refractivity contribution in [2.45, 2.75) is 6.92 Å². The molecule has 5 heteroatoms. The van der Waals surface area contributed by atoms with E-state index in [1.54, 1.807) is 6.08 Å². The van der Waals surface area contributed by atoms with Crippen molar-refractivity contribution in [3.63, 3.8) is 0 Å². The van der Waals surface area contributed by atoms with Crippen LogP contribution in [0.25, 0.3) is 6.08 Å². The molecule has 0 aliphatic rings. The fourth-order valence-electron chi connectivity index (χ4n) is 1.74. The minimum Gasteiger partial charge on any atom is -0.314 e. The second-order valence-electron chi connectivity index (χ2n) is 4.47. The van der Waals surface area contributed by atoms with Crippen LogP contribution in [0.15, 0.2) is 48.7 Å². The molecule has 0 heterocycles. The van der Waals surface area contributed by atoms with Gasteiger partial charge in [-0.3, -0.25) is 0 Å². The van der Waals surface area contributed by atoms with Crippen LogP contribution in [-0.4, -0.2) is 6.03 Å². The number of carbonyl (C=O) groups excluding carboxylic acids is 1. The molecule has 2 N–H and O–H groups in total. The normalized spacial score (nSPS) is 10.6. The summed E-state index contributed by atoms with van der Waals surface area (Å²) in [7, 11) is 0. The van der Waals surface area contributed by atoms with Crippen molar-refractivity contribution in [1.29, 1.82) is 0 Å². The predicted molar refractivity (Wildman–Crippen MR) is 78.7 cm³/mol. The monoisotopic (exact) mass is 288 g/mol. The summed E-state index contributed by atoms with van der Waals surface area (Å²) in [4.78, 5) is 11.6. The molecule has 0 aliphatic carbocycles. The van der Waals surface area contributed by atoms with Gasteiger partial charge in [0.05, 0.1) is 5.69 Å². The standard InChI is InChI=1S/C16H14F2N2O/c1-11-3-2-4-12(9-11)7-8-19-16(21)20-15-6-5-13(17)10-14(15)18/h2-10H,1H3,(H2,19,20,21)/b8-7+. The molecule has 0 atom stereocenters. The topological polar surface area (TPSA) is 41.1 Å². The Balaban J connectivity index is 1.93. The Morgan fingerprint density at radius 2 is 1.95 bits per heavy atom. The molecule has 2 amide bonds. The molecule has 0 fully saturated rings. The molecule has 3 nitrogen and oxygen atoms in total. The van der Waals surface area contributed by atoms with Gasteiger partial charge >= 0.3 is 6.03 Å². The van der Waals surface area contributed by atoms with Gasteiger partial charge in [0.25, 0.3) is 0 Å². The number of urea groups is 1. The maximum atomic E-state index is 13.3. The Morgan fingerprint density at radius 1 is 1.14 bits per heavy atom. The number of hydrogen-bond acceptors (Lipinski definition) is 1. The van der Waals surface area contributed by atoms with Crippen LogP contribution < -0.4 is 10.6 Å². The molecule has 0 saturated heterocycles. The fourth-order valence-corrected chi connectivity index (χ4v) is 1.74. The number of aryl methyl sites for hydroxylation is 1. The first-order chi connectivity index (χ1) is 10.0. The van der Waals surface area contributed by atoms with Crippen LogP contribution in [0.2, 0.25) is 0 Å². The lowest BCUT2D eigenvalue weighted by Crippen LogP contribution is -2.24. The number of amides is 2. The van der Waals surface area contributed by atoms with E-state index in [2.05, 4.69) is 10.6 Å². The van der Waals surface area contributed by atoms with Crippen molar-refractivity contribution in [3.8, 4) is 0 Å². The summed E-state index contributed by atoms with van der Waals surface area (Å²) in [6, 6.07) is 10.0. The van der Waals surface area contributed by atoms with Crippen molar-refractivity contribution in [2.75, 3.05) is 5.32 Å². The fraction of sp³-hybridized carbons (Fsp3) is 0.0625. The van der Waals surface area contributed by atoms with E-state index in [-0.39, 0.29) is 5.69 Å². The van der Waals surface area contributed by atoms with Crippen LogP contribution in [0.3, 0.4) is 0 Å². The van der Waals surface area contributed by atoms with Gasteiger partial charge in [-0.15, -0.1) is 0 Å². The summed E-state index contributed by atoms with van der Waals surface area (Å²) >= 11 is 0. The second kappa shape index (κ2) is 6.65. The van der Waals surface area contributed by atoms with Crippen LogP contribution in [-0.2, 0) is 0 Å². The maximum Gasteiger partial charge on any atom is 0.323 e. The van der Waals surface area contributed by atoms with E-state index in [0.717, 1.165) is 23.3 Å². The van der Waals surface area contributed by atoms with Gasteiger partial charge in [0, 0.05) is 12.3 Å². The first-order valence-electron chi connectivity index (χ1n) is 6.30. The molecule has 0 radical (unpaired) electrons. The number of halogens is 2. The molecule has 0 unspecified atom stereocenters. The molecule has 0 spiro atoms. The number of rotatable bonds is 3. The lowest BCUT2D eigenvalue weighted by atomic mass is 10.1. The Morgan fingerprint density at radius 3 is 2.67 bits per heavy atom. The van der Waals surface area contributed by atoms with Gasteiger partial charge < -0.3 is 10.6 Å². The average molecular weight is 288 g/mol. The van der Waals surface area contributed by atoms with E-state index >= 15 is 0 Å². The van der Waals surface area contributed by atoms with Crippen LogP contribution >= 0.6 is 0 Å². The summed E-state index contributed by atoms with van der Waals surface area (Å²) in [6.07, 6.45) is 3.17. The Hall–Kier alpha value is -2.69. The third kappa shape index (κ3) is 4.42. The van der Waals surface area contributed by atoms with E-state index < -0.39 is 17.7 Å². The highest BCUT2D eigenvalue weighted by Crippen LogP contribution is 2.14. The largest absolute Gasteiger partial charge is 0.323 e. The lowest BCUT2D eigenvalue weighted by Gasteiger charge is -2.05.